The number of hydrogen-bond donors (Lipinski definition) is 3. The number of hydrogen-bond acceptors (Lipinski definition) is 5. The Kier molecular flexibility index (Phi) is 8.55. The molecular weight excluding hydrogens is 343 g/mol. The van der Waals surface area contributed by atoms with E-state index in [1.807, 2.05) is 22.6 Å². The molecule has 0 aliphatic rings. The fourth-order valence-corrected chi connectivity index (χ4v) is 2.01. The first-order valence-electron chi connectivity index (χ1n) is 5.31. The number of halogens is 1. The topological polar surface area (TPSA) is 87.0 Å². The standard InChI is InChI=1S/C9H19IO5Si/c1-8(10)9(11)15-6-4-2-3-5-7-16(12,13)14/h8,12-14H,2-7H2,1H3. The second kappa shape index (κ2) is 8.40. The summed E-state index contributed by atoms with van der Waals surface area (Å²) < 4.78 is 4.84. The smallest absolute Gasteiger partial charge is 0.465 e. The zero-order valence-electron chi connectivity index (χ0n) is 9.36. The van der Waals surface area contributed by atoms with Gasteiger partial charge in [0.25, 0.3) is 0 Å². The van der Waals surface area contributed by atoms with Crippen LogP contribution >= 0.6 is 22.6 Å². The lowest BCUT2D eigenvalue weighted by atomic mass is 10.2. The van der Waals surface area contributed by atoms with E-state index in [-0.39, 0.29) is 15.9 Å². The van der Waals surface area contributed by atoms with Gasteiger partial charge in [0, 0.05) is 6.04 Å². The lowest BCUT2D eigenvalue weighted by Crippen LogP contribution is -2.33. The van der Waals surface area contributed by atoms with Crippen LogP contribution in [0.15, 0.2) is 0 Å². The van der Waals surface area contributed by atoms with Gasteiger partial charge in [0.1, 0.15) is 3.92 Å². The van der Waals surface area contributed by atoms with Gasteiger partial charge in [0.05, 0.1) is 6.61 Å². The molecule has 0 aliphatic carbocycles. The Balaban J connectivity index is 3.26. The van der Waals surface area contributed by atoms with Crippen molar-refractivity contribution in [1.82, 2.24) is 0 Å². The quantitative estimate of drug-likeness (QED) is 0.196. The highest BCUT2D eigenvalue weighted by atomic mass is 127. The van der Waals surface area contributed by atoms with Crippen LogP contribution < -0.4 is 0 Å². The van der Waals surface area contributed by atoms with Crippen molar-refractivity contribution in [3.63, 3.8) is 0 Å². The SMILES string of the molecule is CC(I)C(=O)OCCCCCC[Si](O)(O)O. The highest BCUT2D eigenvalue weighted by Crippen LogP contribution is 2.09. The molecule has 0 radical (unpaired) electrons. The first kappa shape index (κ1) is 16.3. The Labute approximate surface area is 110 Å². The number of alkyl halides is 1. The van der Waals surface area contributed by atoms with Crippen molar-refractivity contribution in [2.45, 2.75) is 42.6 Å². The second-order valence-corrected chi connectivity index (χ2v) is 7.64. The molecule has 0 heterocycles. The van der Waals surface area contributed by atoms with Crippen molar-refractivity contribution in [1.29, 1.82) is 0 Å². The van der Waals surface area contributed by atoms with Crippen LogP contribution in [-0.2, 0) is 9.53 Å². The number of esters is 1. The maximum absolute atomic E-state index is 11.0. The van der Waals surface area contributed by atoms with Crippen molar-refractivity contribution < 1.29 is 23.9 Å². The molecule has 0 amide bonds. The first-order chi connectivity index (χ1) is 7.33. The third-order valence-electron chi connectivity index (χ3n) is 1.98. The number of ether oxygens (including phenoxy) is 1. The number of carbonyl (C=O) groups excluding carboxylic acids is 1. The van der Waals surface area contributed by atoms with E-state index in [1.165, 1.54) is 0 Å². The summed E-state index contributed by atoms with van der Waals surface area (Å²) in [5.41, 5.74) is 0. The Hall–Kier alpha value is 0.297. The van der Waals surface area contributed by atoms with Crippen LogP contribution in [0.2, 0.25) is 6.04 Å². The minimum absolute atomic E-state index is 0.0809. The summed E-state index contributed by atoms with van der Waals surface area (Å²) in [7, 11) is -3.84. The molecule has 5 nitrogen and oxygen atoms in total. The number of rotatable bonds is 8. The van der Waals surface area contributed by atoms with Gasteiger partial charge in [-0.1, -0.05) is 35.4 Å². The molecule has 0 bridgehead atoms. The molecule has 0 spiro atoms. The van der Waals surface area contributed by atoms with E-state index in [0.29, 0.717) is 13.0 Å². The Morgan fingerprint density at radius 1 is 1.25 bits per heavy atom. The summed E-state index contributed by atoms with van der Waals surface area (Å²) >= 11 is 2.00. The Bertz CT molecular complexity index is 205. The molecule has 0 saturated heterocycles. The van der Waals surface area contributed by atoms with Crippen LogP contribution in [0.1, 0.15) is 32.6 Å². The Morgan fingerprint density at radius 2 is 1.81 bits per heavy atom. The predicted octanol–water partition coefficient (Wildman–Crippen LogP) is 0.829. The van der Waals surface area contributed by atoms with Crippen molar-refractivity contribution in [3.8, 4) is 0 Å². The summed E-state index contributed by atoms with van der Waals surface area (Å²) in [6.45, 7) is 2.18. The summed E-state index contributed by atoms with van der Waals surface area (Å²) in [5, 5.41) is 0. The van der Waals surface area contributed by atoms with Crippen LogP contribution in [0.3, 0.4) is 0 Å². The monoisotopic (exact) mass is 362 g/mol. The van der Waals surface area contributed by atoms with Gasteiger partial charge < -0.3 is 19.1 Å². The molecule has 0 aromatic carbocycles. The summed E-state index contributed by atoms with van der Waals surface area (Å²) in [4.78, 5) is 37.2. The van der Waals surface area contributed by atoms with Crippen LogP contribution in [-0.4, -0.2) is 39.7 Å². The highest BCUT2D eigenvalue weighted by Gasteiger charge is 2.25. The third kappa shape index (κ3) is 10.8. The lowest BCUT2D eigenvalue weighted by molar-refractivity contribution is -0.142. The summed E-state index contributed by atoms with van der Waals surface area (Å²) in [6.07, 6.45) is 3.01. The highest BCUT2D eigenvalue weighted by molar-refractivity contribution is 14.1. The zero-order chi connectivity index (χ0) is 12.6. The van der Waals surface area contributed by atoms with E-state index in [0.717, 1.165) is 19.3 Å². The van der Waals surface area contributed by atoms with Crippen LogP contribution in [0.25, 0.3) is 0 Å². The zero-order valence-corrected chi connectivity index (χ0v) is 12.5. The van der Waals surface area contributed by atoms with Crippen molar-refractivity contribution in [2.24, 2.45) is 0 Å². The molecule has 0 aromatic rings. The molecule has 7 heteroatoms. The molecule has 1 atom stereocenters. The predicted molar refractivity (Wildman–Crippen MR) is 70.1 cm³/mol. The molecule has 16 heavy (non-hydrogen) atoms. The van der Waals surface area contributed by atoms with Crippen molar-refractivity contribution >= 4 is 37.4 Å². The minimum atomic E-state index is -3.84. The maximum atomic E-state index is 11.0. The first-order valence-corrected chi connectivity index (χ1v) is 8.60. The number of unbranched alkanes of at least 4 members (excludes halogenated alkanes) is 3. The van der Waals surface area contributed by atoms with Gasteiger partial charge in [0.15, 0.2) is 0 Å². The van der Waals surface area contributed by atoms with Gasteiger partial charge in [-0.25, -0.2) is 0 Å². The molecule has 1 unspecified atom stereocenters. The molecule has 96 valence electrons. The van der Waals surface area contributed by atoms with Gasteiger partial charge in [-0.15, -0.1) is 0 Å². The largest absolute Gasteiger partial charge is 0.492 e. The molecule has 0 fully saturated rings. The number of carbonyl (C=O) groups is 1. The van der Waals surface area contributed by atoms with Crippen LogP contribution in [0.5, 0.6) is 0 Å². The van der Waals surface area contributed by atoms with Gasteiger partial charge in [-0.05, 0) is 19.8 Å². The molecular formula is C9H19IO5Si. The van der Waals surface area contributed by atoms with E-state index in [4.69, 9.17) is 19.1 Å². The summed E-state index contributed by atoms with van der Waals surface area (Å²) in [6, 6.07) is 0.0809. The molecule has 3 N–H and O–H groups in total. The van der Waals surface area contributed by atoms with E-state index >= 15 is 0 Å². The third-order valence-corrected chi connectivity index (χ3v) is 3.51. The van der Waals surface area contributed by atoms with E-state index < -0.39 is 8.80 Å². The van der Waals surface area contributed by atoms with E-state index in [1.54, 1.807) is 6.92 Å². The average Bonchev–Trinajstić information content (AvgIpc) is 2.14. The van der Waals surface area contributed by atoms with Gasteiger partial charge in [0.2, 0.25) is 0 Å². The molecule has 0 rings (SSSR count). The fraction of sp³-hybridized carbons (Fsp3) is 0.889. The molecule has 0 saturated carbocycles. The fourth-order valence-electron chi connectivity index (χ4n) is 1.11. The van der Waals surface area contributed by atoms with Gasteiger partial charge in [-0.2, -0.15) is 0 Å². The van der Waals surface area contributed by atoms with Crippen molar-refractivity contribution in [3.05, 3.63) is 0 Å². The van der Waals surface area contributed by atoms with Gasteiger partial charge >= 0.3 is 14.8 Å². The average molecular weight is 362 g/mol. The van der Waals surface area contributed by atoms with Crippen LogP contribution in [0.4, 0.5) is 0 Å². The van der Waals surface area contributed by atoms with E-state index in [9.17, 15) is 4.79 Å². The second-order valence-electron chi connectivity index (χ2n) is 3.72. The Morgan fingerprint density at radius 3 is 2.31 bits per heavy atom. The minimum Gasteiger partial charge on any atom is -0.465 e. The van der Waals surface area contributed by atoms with E-state index in [2.05, 4.69) is 0 Å². The van der Waals surface area contributed by atoms with Gasteiger partial charge in [-0.3, -0.25) is 4.79 Å². The maximum Gasteiger partial charge on any atom is 0.492 e. The summed E-state index contributed by atoms with van der Waals surface area (Å²) in [5.74, 6) is -0.201. The normalized spacial score (nSPS) is 13.6. The lowest BCUT2D eigenvalue weighted by Gasteiger charge is -2.08. The molecule has 0 aliphatic heterocycles. The van der Waals surface area contributed by atoms with Crippen LogP contribution in [0, 0.1) is 0 Å². The van der Waals surface area contributed by atoms with Crippen molar-refractivity contribution in [2.75, 3.05) is 6.61 Å². The molecule has 0 aromatic heterocycles.